The molecule has 1 aromatic heterocycles. The number of nitrogens with one attached hydrogen (secondary N) is 2. The Morgan fingerprint density at radius 3 is 2.83 bits per heavy atom. The number of amides is 1. The van der Waals surface area contributed by atoms with E-state index >= 15 is 0 Å². The quantitative estimate of drug-likeness (QED) is 0.502. The first-order valence-electron chi connectivity index (χ1n) is 9.27. The van der Waals surface area contributed by atoms with Crippen molar-refractivity contribution < 1.29 is 9.53 Å². The largest absolute Gasteiger partial charge is 0.378 e. The molecule has 7 heteroatoms. The Morgan fingerprint density at radius 1 is 1.24 bits per heavy atom. The van der Waals surface area contributed by atoms with Crippen LogP contribution in [0, 0.1) is 11.3 Å². The summed E-state index contributed by atoms with van der Waals surface area (Å²) in [6, 6.07) is 15.1. The number of H-pyrrole nitrogens is 1. The number of rotatable bonds is 4. The number of anilines is 2. The fourth-order valence-electron chi connectivity index (χ4n) is 3.40. The van der Waals surface area contributed by atoms with E-state index in [1.54, 1.807) is 24.4 Å². The number of halogens is 1. The zero-order valence-corrected chi connectivity index (χ0v) is 16.4. The summed E-state index contributed by atoms with van der Waals surface area (Å²) in [4.78, 5) is 18.1. The Bertz CT molecular complexity index is 1120. The van der Waals surface area contributed by atoms with Crippen LogP contribution in [0.1, 0.15) is 5.56 Å². The van der Waals surface area contributed by atoms with E-state index in [0.717, 1.165) is 35.2 Å². The number of hydrogen-bond acceptors (Lipinski definition) is 4. The zero-order valence-electron chi connectivity index (χ0n) is 15.6. The number of ether oxygens (including phenoxy) is 1. The Hall–Kier alpha value is -3.27. The van der Waals surface area contributed by atoms with Crippen molar-refractivity contribution in [3.63, 3.8) is 0 Å². The van der Waals surface area contributed by atoms with Gasteiger partial charge in [0.2, 0.25) is 0 Å². The summed E-state index contributed by atoms with van der Waals surface area (Å²) < 4.78 is 5.41. The van der Waals surface area contributed by atoms with Gasteiger partial charge in [-0.1, -0.05) is 29.8 Å². The molecule has 1 saturated heterocycles. The first kappa shape index (κ1) is 19.1. The lowest BCUT2D eigenvalue weighted by Crippen LogP contribution is -2.36. The van der Waals surface area contributed by atoms with Gasteiger partial charge in [-0.2, -0.15) is 5.26 Å². The van der Waals surface area contributed by atoms with Gasteiger partial charge in [-0.25, -0.2) is 0 Å². The Kier molecular flexibility index (Phi) is 5.52. The van der Waals surface area contributed by atoms with Crippen molar-refractivity contribution in [2.24, 2.45) is 0 Å². The highest BCUT2D eigenvalue weighted by Crippen LogP contribution is 2.30. The van der Waals surface area contributed by atoms with Gasteiger partial charge in [0, 0.05) is 40.8 Å². The van der Waals surface area contributed by atoms with Gasteiger partial charge in [-0.05, 0) is 30.3 Å². The van der Waals surface area contributed by atoms with Gasteiger partial charge in [-0.3, -0.25) is 4.79 Å². The maximum Gasteiger partial charge on any atom is 0.266 e. The fraction of sp³-hybridized carbons (Fsp3) is 0.182. The molecule has 6 nitrogen and oxygen atoms in total. The minimum Gasteiger partial charge on any atom is -0.378 e. The molecule has 0 radical (unpaired) electrons. The summed E-state index contributed by atoms with van der Waals surface area (Å²) >= 11 is 6.15. The number of aromatic amines is 1. The van der Waals surface area contributed by atoms with Crippen molar-refractivity contribution in [2.45, 2.75) is 0 Å². The van der Waals surface area contributed by atoms with Crippen molar-refractivity contribution in [1.29, 1.82) is 5.26 Å². The van der Waals surface area contributed by atoms with Gasteiger partial charge in [0.05, 0.1) is 24.6 Å². The normalized spacial score (nSPS) is 14.6. The number of para-hydroxylation sites is 1. The van der Waals surface area contributed by atoms with E-state index in [-0.39, 0.29) is 5.57 Å². The van der Waals surface area contributed by atoms with Crippen LogP contribution in [0.3, 0.4) is 0 Å². The molecule has 1 aliphatic rings. The molecule has 29 heavy (non-hydrogen) atoms. The molecule has 1 aliphatic heterocycles. The number of fused-ring (bicyclic) bond motifs is 1. The number of morpholine rings is 1. The van der Waals surface area contributed by atoms with Crippen LogP contribution in [0.15, 0.2) is 54.2 Å². The summed E-state index contributed by atoms with van der Waals surface area (Å²) in [7, 11) is 0. The third-order valence-corrected chi connectivity index (χ3v) is 5.08. The average Bonchev–Trinajstić information content (AvgIpc) is 3.15. The summed E-state index contributed by atoms with van der Waals surface area (Å²) in [5.74, 6) is -0.477. The summed E-state index contributed by atoms with van der Waals surface area (Å²) in [6.07, 6.45) is 3.38. The summed E-state index contributed by atoms with van der Waals surface area (Å²) in [5, 5.41) is 13.9. The second-order valence-corrected chi connectivity index (χ2v) is 7.11. The number of nitriles is 1. The fourth-order valence-corrected chi connectivity index (χ4v) is 3.57. The van der Waals surface area contributed by atoms with Crippen LogP contribution in [0.2, 0.25) is 5.02 Å². The predicted molar refractivity (Wildman–Crippen MR) is 115 cm³/mol. The Labute approximate surface area is 173 Å². The van der Waals surface area contributed by atoms with Crippen LogP contribution in [-0.2, 0) is 9.53 Å². The van der Waals surface area contributed by atoms with E-state index in [0.29, 0.717) is 23.9 Å². The molecule has 0 aliphatic carbocycles. The van der Waals surface area contributed by atoms with Gasteiger partial charge in [-0.15, -0.1) is 0 Å². The van der Waals surface area contributed by atoms with E-state index in [4.69, 9.17) is 16.3 Å². The molecule has 0 atom stereocenters. The van der Waals surface area contributed by atoms with Crippen molar-refractivity contribution in [3.05, 3.63) is 64.8 Å². The number of aromatic nitrogens is 1. The second-order valence-electron chi connectivity index (χ2n) is 6.67. The lowest BCUT2D eigenvalue weighted by molar-refractivity contribution is -0.112. The van der Waals surface area contributed by atoms with Crippen LogP contribution in [0.5, 0.6) is 0 Å². The van der Waals surface area contributed by atoms with Crippen LogP contribution < -0.4 is 10.2 Å². The van der Waals surface area contributed by atoms with Crippen LogP contribution >= 0.6 is 11.6 Å². The lowest BCUT2D eigenvalue weighted by atomic mass is 10.1. The number of nitrogens with zero attached hydrogens (tertiary/aromatic N) is 2. The molecule has 0 unspecified atom stereocenters. The molecule has 0 saturated carbocycles. The first-order valence-corrected chi connectivity index (χ1v) is 9.65. The number of carbonyl (C=O) groups is 1. The number of carbonyl (C=O) groups excluding carboxylic acids is 1. The van der Waals surface area contributed by atoms with Gasteiger partial charge >= 0.3 is 0 Å². The van der Waals surface area contributed by atoms with E-state index in [9.17, 15) is 10.1 Å². The second kappa shape index (κ2) is 8.39. The average molecular weight is 407 g/mol. The van der Waals surface area contributed by atoms with Gasteiger partial charge in [0.25, 0.3) is 5.91 Å². The van der Waals surface area contributed by atoms with E-state index in [1.165, 1.54) is 0 Å². The summed E-state index contributed by atoms with van der Waals surface area (Å²) in [6.45, 7) is 2.70. The molecule has 4 rings (SSSR count). The smallest absolute Gasteiger partial charge is 0.266 e. The minimum absolute atomic E-state index is 0.0163. The third-order valence-electron chi connectivity index (χ3n) is 4.84. The standard InChI is InChI=1S/C22H19ClN4O2/c23-17-5-6-21(27-7-9-29-10-8-27)20(12-17)26-22(28)15(13-24)11-16-14-25-19-4-2-1-3-18(16)19/h1-6,11-12,14,25H,7-10H2,(H,26,28)/b15-11+. The number of hydrogen-bond donors (Lipinski definition) is 2. The van der Waals surface area contributed by atoms with Crippen LogP contribution in [0.25, 0.3) is 17.0 Å². The monoisotopic (exact) mass is 406 g/mol. The van der Waals surface area contributed by atoms with Crippen molar-refractivity contribution in [3.8, 4) is 6.07 Å². The van der Waals surface area contributed by atoms with Crippen molar-refractivity contribution in [1.82, 2.24) is 4.98 Å². The van der Waals surface area contributed by atoms with E-state index in [2.05, 4.69) is 15.2 Å². The SMILES string of the molecule is N#C/C(=C\c1c[nH]c2ccccc12)C(=O)Nc1cc(Cl)ccc1N1CCOCC1. The molecule has 1 amide bonds. The molecule has 146 valence electrons. The topological polar surface area (TPSA) is 81.1 Å². The molecule has 0 spiro atoms. The molecule has 3 aromatic rings. The third kappa shape index (κ3) is 4.11. The first-order chi connectivity index (χ1) is 14.2. The highest BCUT2D eigenvalue weighted by molar-refractivity contribution is 6.31. The predicted octanol–water partition coefficient (Wildman–Crippen LogP) is 4.20. The van der Waals surface area contributed by atoms with Crippen molar-refractivity contribution >= 4 is 45.9 Å². The highest BCUT2D eigenvalue weighted by Gasteiger charge is 2.18. The molecule has 2 N–H and O–H groups in total. The van der Waals surface area contributed by atoms with Crippen LogP contribution in [0.4, 0.5) is 11.4 Å². The van der Waals surface area contributed by atoms with Crippen molar-refractivity contribution in [2.75, 3.05) is 36.5 Å². The lowest BCUT2D eigenvalue weighted by Gasteiger charge is -2.30. The molecular weight excluding hydrogens is 388 g/mol. The highest BCUT2D eigenvalue weighted by atomic mass is 35.5. The maximum absolute atomic E-state index is 12.9. The van der Waals surface area contributed by atoms with E-state index < -0.39 is 5.91 Å². The Morgan fingerprint density at radius 2 is 2.03 bits per heavy atom. The minimum atomic E-state index is -0.477. The zero-order chi connectivity index (χ0) is 20.2. The maximum atomic E-state index is 12.9. The van der Waals surface area contributed by atoms with E-state index in [1.807, 2.05) is 36.4 Å². The molecular formula is C22H19ClN4O2. The van der Waals surface area contributed by atoms with Gasteiger partial charge in [0.1, 0.15) is 11.6 Å². The molecule has 1 fully saturated rings. The van der Waals surface area contributed by atoms with Crippen LogP contribution in [-0.4, -0.2) is 37.2 Å². The molecule has 0 bridgehead atoms. The molecule has 2 heterocycles. The van der Waals surface area contributed by atoms with Gasteiger partial charge in [0.15, 0.2) is 0 Å². The Balaban J connectivity index is 1.63. The molecule has 2 aromatic carbocycles. The number of benzene rings is 2. The van der Waals surface area contributed by atoms with Gasteiger partial charge < -0.3 is 19.9 Å². The summed E-state index contributed by atoms with van der Waals surface area (Å²) in [5.41, 5.74) is 3.18.